The van der Waals surface area contributed by atoms with Crippen LogP contribution in [-0.2, 0) is 6.42 Å². The lowest BCUT2D eigenvalue weighted by Gasteiger charge is -1.97. The van der Waals surface area contributed by atoms with Gasteiger partial charge in [-0.15, -0.1) is 0 Å². The molecule has 0 bridgehead atoms. The van der Waals surface area contributed by atoms with Crippen molar-refractivity contribution in [2.24, 2.45) is 0 Å². The van der Waals surface area contributed by atoms with Crippen molar-refractivity contribution in [1.82, 2.24) is 9.55 Å². The molecule has 0 saturated heterocycles. The summed E-state index contributed by atoms with van der Waals surface area (Å²) in [6.45, 7) is 0. The van der Waals surface area contributed by atoms with Gasteiger partial charge in [-0.1, -0.05) is 0 Å². The predicted molar refractivity (Wildman–Crippen MR) is 39.6 cm³/mol. The van der Waals surface area contributed by atoms with Crippen LogP contribution in [0, 0.1) is 11.3 Å². The summed E-state index contributed by atoms with van der Waals surface area (Å²) in [5, 5.41) is 16.9. The fraction of sp³-hybridized carbons (Fsp3) is 0.286. The van der Waals surface area contributed by atoms with Crippen molar-refractivity contribution < 1.29 is 9.90 Å². The predicted octanol–water partition coefficient (Wildman–Crippen LogP) is 0.865. The lowest BCUT2D eigenvalue weighted by Crippen LogP contribution is -2.10. The molecule has 0 saturated carbocycles. The first kappa shape index (κ1) is 8.27. The van der Waals surface area contributed by atoms with E-state index in [1.165, 1.54) is 12.4 Å². The minimum atomic E-state index is -1.07. The van der Waals surface area contributed by atoms with Gasteiger partial charge < -0.3 is 5.11 Å². The van der Waals surface area contributed by atoms with E-state index in [-0.39, 0.29) is 6.42 Å². The quantitative estimate of drug-likeness (QED) is 0.704. The van der Waals surface area contributed by atoms with E-state index in [2.05, 4.69) is 4.98 Å². The van der Waals surface area contributed by atoms with Crippen molar-refractivity contribution >= 4 is 6.09 Å². The first-order valence-corrected chi connectivity index (χ1v) is 3.38. The first-order valence-electron chi connectivity index (χ1n) is 3.38. The summed E-state index contributed by atoms with van der Waals surface area (Å²) in [7, 11) is 0. The monoisotopic (exact) mass is 165 g/mol. The molecule has 0 aliphatic carbocycles. The molecule has 1 N–H and O–H groups in total. The van der Waals surface area contributed by atoms with Crippen molar-refractivity contribution in [3.8, 4) is 6.07 Å². The molecule has 1 aromatic heterocycles. The molecule has 0 aromatic carbocycles. The molecule has 0 aliphatic heterocycles. The van der Waals surface area contributed by atoms with Crippen LogP contribution in [0.25, 0.3) is 0 Å². The molecule has 5 heteroatoms. The Bertz CT molecular complexity index is 324. The van der Waals surface area contributed by atoms with Crippen LogP contribution in [0.4, 0.5) is 4.79 Å². The summed E-state index contributed by atoms with van der Waals surface area (Å²) in [6.07, 6.45) is 2.34. The number of aryl methyl sites for hydroxylation is 1. The molecule has 0 aliphatic rings. The van der Waals surface area contributed by atoms with E-state index < -0.39 is 6.09 Å². The third-order valence-corrected chi connectivity index (χ3v) is 1.38. The molecule has 5 nitrogen and oxygen atoms in total. The van der Waals surface area contributed by atoms with E-state index in [0.29, 0.717) is 12.2 Å². The van der Waals surface area contributed by atoms with Crippen LogP contribution in [0.2, 0.25) is 0 Å². The largest absolute Gasteiger partial charge is 0.464 e. The normalized spacial score (nSPS) is 9.25. The third-order valence-electron chi connectivity index (χ3n) is 1.38. The zero-order valence-electron chi connectivity index (χ0n) is 6.27. The van der Waals surface area contributed by atoms with Gasteiger partial charge >= 0.3 is 6.09 Å². The molecule has 0 unspecified atom stereocenters. The van der Waals surface area contributed by atoms with Crippen LogP contribution in [-0.4, -0.2) is 20.8 Å². The Morgan fingerprint density at radius 3 is 3.17 bits per heavy atom. The van der Waals surface area contributed by atoms with Crippen molar-refractivity contribution in [1.29, 1.82) is 5.26 Å². The molecule has 0 spiro atoms. The Kier molecular flexibility index (Phi) is 2.43. The molecule has 1 heterocycles. The van der Waals surface area contributed by atoms with Gasteiger partial charge in [0.25, 0.3) is 0 Å². The van der Waals surface area contributed by atoms with E-state index in [1.54, 1.807) is 0 Å². The van der Waals surface area contributed by atoms with E-state index in [4.69, 9.17) is 10.4 Å². The number of carboxylic acid groups (broad SMARTS) is 1. The van der Waals surface area contributed by atoms with Gasteiger partial charge in [-0.3, -0.25) is 0 Å². The number of nitrogens with zero attached hydrogens (tertiary/aromatic N) is 3. The maximum atomic E-state index is 10.5. The molecule has 0 fully saturated rings. The number of aromatic nitrogens is 2. The summed E-state index contributed by atoms with van der Waals surface area (Å²) in [5.41, 5.74) is 0. The van der Waals surface area contributed by atoms with Crippen LogP contribution in [0.1, 0.15) is 12.2 Å². The zero-order valence-corrected chi connectivity index (χ0v) is 6.27. The van der Waals surface area contributed by atoms with Gasteiger partial charge in [-0.2, -0.15) is 5.26 Å². The maximum absolute atomic E-state index is 10.5. The fourth-order valence-corrected chi connectivity index (χ4v) is 0.861. The molecule has 1 aromatic rings. The molecule has 12 heavy (non-hydrogen) atoms. The van der Waals surface area contributed by atoms with Crippen molar-refractivity contribution in [3.63, 3.8) is 0 Å². The van der Waals surface area contributed by atoms with Crippen molar-refractivity contribution in [3.05, 3.63) is 18.2 Å². The van der Waals surface area contributed by atoms with Crippen LogP contribution in [0.5, 0.6) is 0 Å². The first-order chi connectivity index (χ1) is 5.75. The number of carbonyl (C=O) groups is 1. The van der Waals surface area contributed by atoms with E-state index >= 15 is 0 Å². The highest BCUT2D eigenvalue weighted by Gasteiger charge is 2.06. The van der Waals surface area contributed by atoms with Gasteiger partial charge in [0.2, 0.25) is 0 Å². The molecule has 0 amide bonds. The van der Waals surface area contributed by atoms with Crippen LogP contribution >= 0.6 is 0 Å². The molecule has 1 rings (SSSR count). The van der Waals surface area contributed by atoms with Gasteiger partial charge in [0.1, 0.15) is 5.82 Å². The third kappa shape index (κ3) is 1.61. The van der Waals surface area contributed by atoms with E-state index in [0.717, 1.165) is 4.57 Å². The average Bonchev–Trinajstić information content (AvgIpc) is 2.48. The number of hydrogen-bond acceptors (Lipinski definition) is 3. The second kappa shape index (κ2) is 3.53. The van der Waals surface area contributed by atoms with Crippen molar-refractivity contribution in [2.75, 3.05) is 0 Å². The standard InChI is InChI=1S/C7H7N3O2/c8-3-1-2-6-9-4-5-10(6)7(11)12/h4-5H,1-2H2,(H,11,12). The van der Waals surface area contributed by atoms with E-state index in [9.17, 15) is 4.79 Å². The SMILES string of the molecule is N#CCCc1nccn1C(=O)O. The smallest absolute Gasteiger partial charge is 0.416 e. The second-order valence-corrected chi connectivity index (χ2v) is 2.15. The Hall–Kier alpha value is -1.83. The molecular formula is C7H7N3O2. The van der Waals surface area contributed by atoms with Gasteiger partial charge in [-0.05, 0) is 0 Å². The topological polar surface area (TPSA) is 78.9 Å². The minimum Gasteiger partial charge on any atom is -0.464 e. The Morgan fingerprint density at radius 2 is 2.58 bits per heavy atom. The molecular weight excluding hydrogens is 158 g/mol. The van der Waals surface area contributed by atoms with Gasteiger partial charge in [-0.25, -0.2) is 14.3 Å². The zero-order chi connectivity index (χ0) is 8.97. The number of nitriles is 1. The molecule has 0 atom stereocenters. The summed E-state index contributed by atoms with van der Waals surface area (Å²) in [6, 6.07) is 1.93. The number of hydrogen-bond donors (Lipinski definition) is 1. The number of rotatable bonds is 2. The van der Waals surface area contributed by atoms with Gasteiger partial charge in [0.15, 0.2) is 0 Å². The Balaban J connectivity index is 2.79. The highest BCUT2D eigenvalue weighted by atomic mass is 16.4. The minimum absolute atomic E-state index is 0.282. The van der Waals surface area contributed by atoms with Gasteiger partial charge in [0.05, 0.1) is 6.07 Å². The summed E-state index contributed by atoms with van der Waals surface area (Å²) < 4.78 is 1.01. The fourth-order valence-electron chi connectivity index (χ4n) is 0.861. The van der Waals surface area contributed by atoms with E-state index in [1.807, 2.05) is 6.07 Å². The summed E-state index contributed by atoms with van der Waals surface area (Å²) in [4.78, 5) is 14.3. The van der Waals surface area contributed by atoms with Crippen molar-refractivity contribution in [2.45, 2.75) is 12.8 Å². The lowest BCUT2D eigenvalue weighted by atomic mass is 10.3. The van der Waals surface area contributed by atoms with Crippen LogP contribution < -0.4 is 0 Å². The highest BCUT2D eigenvalue weighted by Crippen LogP contribution is 1.99. The van der Waals surface area contributed by atoms with Gasteiger partial charge in [0, 0.05) is 25.2 Å². The lowest BCUT2D eigenvalue weighted by molar-refractivity contribution is 0.195. The Labute approximate surface area is 68.9 Å². The second-order valence-electron chi connectivity index (χ2n) is 2.15. The summed E-state index contributed by atoms with van der Waals surface area (Å²) in [5.74, 6) is 0.407. The van der Waals surface area contributed by atoms with Crippen LogP contribution in [0.15, 0.2) is 12.4 Å². The molecule has 0 radical (unpaired) electrons. The Morgan fingerprint density at radius 1 is 1.83 bits per heavy atom. The maximum Gasteiger partial charge on any atom is 0.416 e. The average molecular weight is 165 g/mol. The number of imidazole rings is 1. The highest BCUT2D eigenvalue weighted by molar-refractivity contribution is 5.68. The van der Waals surface area contributed by atoms with Crippen LogP contribution in [0.3, 0.4) is 0 Å². The summed E-state index contributed by atoms with van der Waals surface area (Å²) >= 11 is 0. The molecule has 62 valence electrons.